The van der Waals surface area contributed by atoms with Gasteiger partial charge in [0.15, 0.2) is 0 Å². The minimum atomic E-state index is -0.671. The summed E-state index contributed by atoms with van der Waals surface area (Å²) in [7, 11) is 0. The maximum atomic E-state index is 13.1. The van der Waals surface area contributed by atoms with E-state index in [1.54, 1.807) is 12.5 Å². The molecule has 0 fully saturated rings. The average molecular weight is 342 g/mol. The zero-order valence-electron chi connectivity index (χ0n) is 13.2. The molecule has 7 heteroatoms. The molecule has 25 heavy (non-hydrogen) atoms. The molecule has 2 amide bonds. The Labute approximate surface area is 143 Å². The summed E-state index contributed by atoms with van der Waals surface area (Å²) in [4.78, 5) is 15.8. The number of carbonyl (C=O) groups is 1. The van der Waals surface area contributed by atoms with E-state index in [0.717, 1.165) is 17.3 Å². The largest absolute Gasteiger partial charge is 0.334 e. The number of aromatic nitrogens is 2. The fourth-order valence-corrected chi connectivity index (χ4v) is 2.34. The lowest BCUT2D eigenvalue weighted by atomic mass is 10.2. The monoisotopic (exact) mass is 342 g/mol. The van der Waals surface area contributed by atoms with E-state index >= 15 is 0 Å². The lowest BCUT2D eigenvalue weighted by Gasteiger charge is -2.09. The van der Waals surface area contributed by atoms with Gasteiger partial charge in [-0.1, -0.05) is 12.1 Å². The SMILES string of the molecule is O=C(NCc1ccc(-n2ccnc2)cc1)NCc1cc(F)cc(F)c1. The zero-order chi connectivity index (χ0) is 17.6. The van der Waals surface area contributed by atoms with Gasteiger partial charge in [0.1, 0.15) is 11.6 Å². The Morgan fingerprint density at radius 2 is 1.60 bits per heavy atom. The summed E-state index contributed by atoms with van der Waals surface area (Å²) < 4.78 is 28.0. The molecule has 3 aromatic rings. The number of amides is 2. The molecule has 0 aliphatic rings. The molecule has 0 saturated carbocycles. The van der Waals surface area contributed by atoms with Gasteiger partial charge in [-0.15, -0.1) is 0 Å². The van der Waals surface area contributed by atoms with Gasteiger partial charge in [-0.05, 0) is 35.4 Å². The molecule has 3 rings (SSSR count). The molecular weight excluding hydrogens is 326 g/mol. The minimum Gasteiger partial charge on any atom is -0.334 e. The van der Waals surface area contributed by atoms with E-state index < -0.39 is 17.7 Å². The van der Waals surface area contributed by atoms with Crippen LogP contribution >= 0.6 is 0 Å². The fraction of sp³-hybridized carbons (Fsp3) is 0.111. The first-order valence-electron chi connectivity index (χ1n) is 7.64. The summed E-state index contributed by atoms with van der Waals surface area (Å²) >= 11 is 0. The van der Waals surface area contributed by atoms with Crippen molar-refractivity contribution in [3.05, 3.63) is 83.9 Å². The maximum absolute atomic E-state index is 13.1. The third-order valence-electron chi connectivity index (χ3n) is 3.57. The van der Waals surface area contributed by atoms with Gasteiger partial charge in [0.2, 0.25) is 0 Å². The Hall–Kier alpha value is -3.22. The van der Waals surface area contributed by atoms with Crippen LogP contribution in [0.1, 0.15) is 11.1 Å². The first-order valence-corrected chi connectivity index (χ1v) is 7.64. The predicted octanol–water partition coefficient (Wildman–Crippen LogP) is 3.15. The number of hydrogen-bond donors (Lipinski definition) is 2. The van der Waals surface area contributed by atoms with Gasteiger partial charge < -0.3 is 15.2 Å². The molecule has 0 spiro atoms. The molecule has 0 atom stereocenters. The number of nitrogens with one attached hydrogen (secondary N) is 2. The van der Waals surface area contributed by atoms with E-state index in [-0.39, 0.29) is 6.54 Å². The number of benzene rings is 2. The van der Waals surface area contributed by atoms with E-state index in [0.29, 0.717) is 12.1 Å². The highest BCUT2D eigenvalue weighted by Crippen LogP contribution is 2.09. The van der Waals surface area contributed by atoms with Crippen molar-refractivity contribution in [2.75, 3.05) is 0 Å². The van der Waals surface area contributed by atoms with Crippen molar-refractivity contribution in [2.24, 2.45) is 0 Å². The summed E-state index contributed by atoms with van der Waals surface area (Å²) in [6.45, 7) is 0.383. The fourth-order valence-electron chi connectivity index (χ4n) is 2.34. The van der Waals surface area contributed by atoms with Crippen LogP contribution < -0.4 is 10.6 Å². The highest BCUT2D eigenvalue weighted by Gasteiger charge is 2.04. The standard InChI is InChI=1S/C18H16F2N4O/c19-15-7-14(8-16(20)9-15)11-23-18(25)22-10-13-1-3-17(4-2-13)24-6-5-21-12-24/h1-9,12H,10-11H2,(H2,22,23,25). The van der Waals surface area contributed by atoms with Crippen LogP contribution in [0, 0.1) is 11.6 Å². The van der Waals surface area contributed by atoms with Gasteiger partial charge >= 0.3 is 6.03 Å². The van der Waals surface area contributed by atoms with Crippen LogP contribution in [0.3, 0.4) is 0 Å². The highest BCUT2D eigenvalue weighted by atomic mass is 19.1. The summed E-state index contributed by atoms with van der Waals surface area (Å²) in [5, 5.41) is 5.26. The van der Waals surface area contributed by atoms with E-state index in [1.165, 1.54) is 12.1 Å². The van der Waals surface area contributed by atoms with Crippen LogP contribution in [-0.2, 0) is 13.1 Å². The van der Waals surface area contributed by atoms with Crippen molar-refractivity contribution >= 4 is 6.03 Å². The Morgan fingerprint density at radius 1 is 0.960 bits per heavy atom. The second-order valence-corrected chi connectivity index (χ2v) is 5.45. The molecule has 1 heterocycles. The van der Waals surface area contributed by atoms with Crippen molar-refractivity contribution in [1.82, 2.24) is 20.2 Å². The molecule has 5 nitrogen and oxygen atoms in total. The van der Waals surface area contributed by atoms with Crippen molar-refractivity contribution in [1.29, 1.82) is 0 Å². The first kappa shape index (κ1) is 16.6. The number of carbonyl (C=O) groups excluding carboxylic acids is 1. The van der Waals surface area contributed by atoms with Gasteiger partial charge in [0.25, 0.3) is 0 Å². The average Bonchev–Trinajstić information content (AvgIpc) is 3.12. The van der Waals surface area contributed by atoms with Crippen LogP contribution in [0.2, 0.25) is 0 Å². The Morgan fingerprint density at radius 3 is 2.20 bits per heavy atom. The normalized spacial score (nSPS) is 10.5. The number of hydrogen-bond acceptors (Lipinski definition) is 2. The maximum Gasteiger partial charge on any atom is 0.315 e. The van der Waals surface area contributed by atoms with E-state index in [4.69, 9.17) is 0 Å². The number of nitrogens with zero attached hydrogens (tertiary/aromatic N) is 2. The summed E-state index contributed by atoms with van der Waals surface area (Å²) in [6, 6.07) is 10.4. The molecule has 0 aliphatic heterocycles. The molecular formula is C18H16F2N4O. The third-order valence-corrected chi connectivity index (χ3v) is 3.57. The number of rotatable bonds is 5. The summed E-state index contributed by atoms with van der Waals surface area (Å²) in [5.41, 5.74) is 2.26. The summed E-state index contributed by atoms with van der Waals surface area (Å²) in [5.74, 6) is -1.34. The zero-order valence-corrected chi connectivity index (χ0v) is 13.2. The molecule has 0 radical (unpaired) electrons. The molecule has 2 N–H and O–H groups in total. The predicted molar refractivity (Wildman–Crippen MR) is 89.0 cm³/mol. The Balaban J connectivity index is 1.48. The Bertz CT molecular complexity index is 828. The Kier molecular flexibility index (Phi) is 5.03. The summed E-state index contributed by atoms with van der Waals surface area (Å²) in [6.07, 6.45) is 5.25. The first-order chi connectivity index (χ1) is 12.1. The van der Waals surface area contributed by atoms with E-state index in [2.05, 4.69) is 15.6 Å². The topological polar surface area (TPSA) is 59.0 Å². The quantitative estimate of drug-likeness (QED) is 0.748. The van der Waals surface area contributed by atoms with Gasteiger partial charge in [-0.25, -0.2) is 18.6 Å². The van der Waals surface area contributed by atoms with E-state index in [1.807, 2.05) is 35.0 Å². The van der Waals surface area contributed by atoms with Gasteiger partial charge in [-0.3, -0.25) is 0 Å². The molecule has 0 unspecified atom stereocenters. The second kappa shape index (κ2) is 7.57. The van der Waals surface area contributed by atoms with Crippen LogP contribution in [0.5, 0.6) is 0 Å². The second-order valence-electron chi connectivity index (χ2n) is 5.45. The number of urea groups is 1. The minimum absolute atomic E-state index is 0.0417. The smallest absolute Gasteiger partial charge is 0.315 e. The van der Waals surface area contributed by atoms with Crippen LogP contribution in [0.15, 0.2) is 61.2 Å². The molecule has 0 saturated heterocycles. The van der Waals surface area contributed by atoms with Crippen LogP contribution in [-0.4, -0.2) is 15.6 Å². The number of halogens is 2. The van der Waals surface area contributed by atoms with Crippen LogP contribution in [0.4, 0.5) is 13.6 Å². The van der Waals surface area contributed by atoms with Crippen molar-refractivity contribution in [3.8, 4) is 5.69 Å². The van der Waals surface area contributed by atoms with Gasteiger partial charge in [-0.2, -0.15) is 0 Å². The molecule has 1 aromatic heterocycles. The van der Waals surface area contributed by atoms with Crippen molar-refractivity contribution in [3.63, 3.8) is 0 Å². The highest BCUT2D eigenvalue weighted by molar-refractivity contribution is 5.73. The van der Waals surface area contributed by atoms with Gasteiger partial charge in [0, 0.05) is 37.2 Å². The molecule has 128 valence electrons. The molecule has 2 aromatic carbocycles. The van der Waals surface area contributed by atoms with Crippen LogP contribution in [0.25, 0.3) is 5.69 Å². The molecule has 0 aliphatic carbocycles. The molecule has 0 bridgehead atoms. The third kappa shape index (κ3) is 4.63. The van der Waals surface area contributed by atoms with Gasteiger partial charge in [0.05, 0.1) is 6.33 Å². The number of imidazole rings is 1. The van der Waals surface area contributed by atoms with Crippen molar-refractivity contribution in [2.45, 2.75) is 13.1 Å². The lowest BCUT2D eigenvalue weighted by Crippen LogP contribution is -2.34. The van der Waals surface area contributed by atoms with E-state index in [9.17, 15) is 13.6 Å². The van der Waals surface area contributed by atoms with Crippen molar-refractivity contribution < 1.29 is 13.6 Å². The lowest BCUT2D eigenvalue weighted by molar-refractivity contribution is 0.240.